The average Bonchev–Trinajstić information content (AvgIpc) is 3.47. The third-order valence-corrected chi connectivity index (χ3v) is 8.23. The molecule has 1 fully saturated rings. The highest BCUT2D eigenvalue weighted by Crippen LogP contribution is 2.26. The second-order valence-electron chi connectivity index (χ2n) is 8.49. The van der Waals surface area contributed by atoms with Crippen molar-refractivity contribution in [2.24, 2.45) is 0 Å². The molecule has 0 radical (unpaired) electrons. The standard InChI is InChI=1S/C25H25ClN6O4S2/c1-2-36-24(34)30-12-10-29(11-13-30)22(33)16-37-23-28-27-21(32(23)18-7-5-6-17(26)14-18)15-31-19-8-3-4-9-20(19)38-25(31)35/h3-9,14H,2,10-13,15-16H2,1H3. The van der Waals surface area contributed by atoms with Crippen molar-refractivity contribution in [1.29, 1.82) is 0 Å². The fraction of sp³-hybridized carbons (Fsp3) is 0.320. The highest BCUT2D eigenvalue weighted by Gasteiger charge is 2.26. The lowest BCUT2D eigenvalue weighted by Gasteiger charge is -2.34. The minimum Gasteiger partial charge on any atom is -0.450 e. The minimum absolute atomic E-state index is 0.0549. The Labute approximate surface area is 231 Å². The molecule has 4 aromatic rings. The van der Waals surface area contributed by atoms with Gasteiger partial charge in [-0.05, 0) is 37.3 Å². The molecular weight excluding hydrogens is 548 g/mol. The lowest BCUT2D eigenvalue weighted by molar-refractivity contribution is -0.129. The van der Waals surface area contributed by atoms with E-state index in [-0.39, 0.29) is 29.2 Å². The van der Waals surface area contributed by atoms with Gasteiger partial charge in [0, 0.05) is 31.2 Å². The highest BCUT2D eigenvalue weighted by molar-refractivity contribution is 7.99. The van der Waals surface area contributed by atoms with E-state index in [4.69, 9.17) is 16.3 Å². The third kappa shape index (κ3) is 5.57. The molecule has 0 aliphatic carbocycles. The molecule has 198 valence electrons. The van der Waals surface area contributed by atoms with Gasteiger partial charge < -0.3 is 14.5 Å². The number of aromatic nitrogens is 4. The van der Waals surface area contributed by atoms with E-state index in [1.807, 2.05) is 41.0 Å². The number of ether oxygens (including phenoxy) is 1. The summed E-state index contributed by atoms with van der Waals surface area (Å²) in [4.78, 5) is 40.9. The van der Waals surface area contributed by atoms with Crippen LogP contribution < -0.4 is 4.87 Å². The van der Waals surface area contributed by atoms with Crippen molar-refractivity contribution < 1.29 is 14.3 Å². The third-order valence-electron chi connectivity index (χ3n) is 6.12. The molecule has 0 bridgehead atoms. The summed E-state index contributed by atoms with van der Waals surface area (Å²) in [5.41, 5.74) is 1.57. The van der Waals surface area contributed by atoms with Crippen molar-refractivity contribution in [2.45, 2.75) is 18.6 Å². The number of para-hydroxylation sites is 1. The number of piperazine rings is 1. The van der Waals surface area contributed by atoms with Crippen molar-refractivity contribution in [3.05, 3.63) is 69.0 Å². The Morgan fingerprint density at radius 3 is 2.58 bits per heavy atom. The van der Waals surface area contributed by atoms with Crippen LogP contribution in [0, 0.1) is 0 Å². The van der Waals surface area contributed by atoms with Gasteiger partial charge in [-0.1, -0.05) is 52.9 Å². The van der Waals surface area contributed by atoms with Crippen LogP contribution in [-0.4, -0.2) is 79.7 Å². The van der Waals surface area contributed by atoms with Gasteiger partial charge in [0.15, 0.2) is 11.0 Å². The Bertz CT molecular complexity index is 1530. The van der Waals surface area contributed by atoms with Crippen LogP contribution in [0.1, 0.15) is 12.7 Å². The van der Waals surface area contributed by atoms with Crippen LogP contribution in [0.3, 0.4) is 0 Å². The molecule has 0 N–H and O–H groups in total. The van der Waals surface area contributed by atoms with Gasteiger partial charge in [0.25, 0.3) is 0 Å². The van der Waals surface area contributed by atoms with Crippen molar-refractivity contribution in [2.75, 3.05) is 38.5 Å². The maximum absolute atomic E-state index is 13.0. The van der Waals surface area contributed by atoms with Crippen LogP contribution >= 0.6 is 34.7 Å². The molecule has 10 nitrogen and oxygen atoms in total. The van der Waals surface area contributed by atoms with E-state index < -0.39 is 0 Å². The first-order chi connectivity index (χ1) is 18.4. The number of fused-ring (bicyclic) bond motifs is 1. The number of halogens is 1. The van der Waals surface area contributed by atoms with Gasteiger partial charge in [-0.15, -0.1) is 10.2 Å². The Morgan fingerprint density at radius 2 is 1.82 bits per heavy atom. The number of hydrogen-bond acceptors (Lipinski definition) is 8. The maximum Gasteiger partial charge on any atom is 0.409 e. The molecule has 2 aromatic carbocycles. The fourth-order valence-electron chi connectivity index (χ4n) is 4.25. The molecule has 0 spiro atoms. The Balaban J connectivity index is 1.35. The van der Waals surface area contributed by atoms with E-state index in [0.29, 0.717) is 48.8 Å². The van der Waals surface area contributed by atoms with E-state index in [2.05, 4.69) is 10.2 Å². The monoisotopic (exact) mass is 572 g/mol. The molecule has 1 aliphatic heterocycles. The molecule has 13 heteroatoms. The zero-order chi connectivity index (χ0) is 26.6. The lowest BCUT2D eigenvalue weighted by Crippen LogP contribution is -2.51. The largest absolute Gasteiger partial charge is 0.450 e. The zero-order valence-corrected chi connectivity index (χ0v) is 23.0. The number of thiazole rings is 1. The van der Waals surface area contributed by atoms with Crippen molar-refractivity contribution in [1.82, 2.24) is 29.1 Å². The normalized spacial score (nSPS) is 13.7. The summed E-state index contributed by atoms with van der Waals surface area (Å²) in [6.07, 6.45) is -0.353. The number of rotatable bonds is 7. The molecule has 0 saturated carbocycles. The summed E-state index contributed by atoms with van der Waals surface area (Å²) in [5, 5.41) is 9.83. The van der Waals surface area contributed by atoms with Crippen molar-refractivity contribution in [3.63, 3.8) is 0 Å². The van der Waals surface area contributed by atoms with Gasteiger partial charge in [0.05, 0.1) is 34.8 Å². The molecule has 1 saturated heterocycles. The van der Waals surface area contributed by atoms with Crippen LogP contribution in [0.15, 0.2) is 58.5 Å². The number of hydrogen-bond donors (Lipinski definition) is 0. The average molecular weight is 573 g/mol. The minimum atomic E-state index is -0.353. The van der Waals surface area contributed by atoms with Gasteiger partial charge in [0.2, 0.25) is 5.91 Å². The topological polar surface area (TPSA) is 103 Å². The van der Waals surface area contributed by atoms with E-state index in [1.54, 1.807) is 33.4 Å². The predicted octanol–water partition coefficient (Wildman–Crippen LogP) is 3.74. The van der Waals surface area contributed by atoms with Gasteiger partial charge >= 0.3 is 11.0 Å². The van der Waals surface area contributed by atoms with Gasteiger partial charge in [-0.25, -0.2) is 4.79 Å². The number of benzene rings is 2. The lowest BCUT2D eigenvalue weighted by atomic mass is 10.3. The molecule has 0 unspecified atom stereocenters. The van der Waals surface area contributed by atoms with Gasteiger partial charge in [-0.3, -0.25) is 18.7 Å². The number of carbonyl (C=O) groups is 2. The first kappa shape index (κ1) is 26.3. The maximum atomic E-state index is 13.0. The summed E-state index contributed by atoms with van der Waals surface area (Å²) < 4.78 is 9.45. The Kier molecular flexibility index (Phi) is 8.01. The molecular formula is C25H25ClN6O4S2. The zero-order valence-electron chi connectivity index (χ0n) is 20.6. The predicted molar refractivity (Wildman–Crippen MR) is 147 cm³/mol. The summed E-state index contributed by atoms with van der Waals surface area (Å²) in [6.45, 7) is 4.05. The number of amides is 2. The molecule has 5 rings (SSSR count). The quantitative estimate of drug-likeness (QED) is 0.311. The summed E-state index contributed by atoms with van der Waals surface area (Å²) in [5.74, 6) is 0.649. The molecule has 38 heavy (non-hydrogen) atoms. The fourth-order valence-corrected chi connectivity index (χ4v) is 6.20. The van der Waals surface area contributed by atoms with E-state index >= 15 is 0 Å². The molecule has 1 aliphatic rings. The van der Waals surface area contributed by atoms with Crippen LogP contribution in [0.2, 0.25) is 5.02 Å². The van der Waals surface area contributed by atoms with E-state index in [0.717, 1.165) is 15.9 Å². The van der Waals surface area contributed by atoms with Crippen LogP contribution in [0.4, 0.5) is 4.79 Å². The van der Waals surface area contributed by atoms with Crippen LogP contribution in [-0.2, 0) is 16.1 Å². The number of nitrogens with zero attached hydrogens (tertiary/aromatic N) is 6. The first-order valence-electron chi connectivity index (χ1n) is 12.1. The highest BCUT2D eigenvalue weighted by atomic mass is 35.5. The van der Waals surface area contributed by atoms with Crippen molar-refractivity contribution in [3.8, 4) is 5.69 Å². The Morgan fingerprint density at radius 1 is 1.05 bits per heavy atom. The number of carbonyl (C=O) groups excluding carboxylic acids is 2. The molecule has 3 heterocycles. The Hall–Kier alpha value is -3.35. The second-order valence-corrected chi connectivity index (χ2v) is 10.9. The smallest absolute Gasteiger partial charge is 0.409 e. The second kappa shape index (κ2) is 11.6. The summed E-state index contributed by atoms with van der Waals surface area (Å²) >= 11 is 8.74. The van der Waals surface area contributed by atoms with E-state index in [9.17, 15) is 14.4 Å². The summed E-state index contributed by atoms with van der Waals surface area (Å²) in [7, 11) is 0. The first-order valence-corrected chi connectivity index (χ1v) is 14.2. The van der Waals surface area contributed by atoms with Gasteiger partial charge in [-0.2, -0.15) is 0 Å². The molecule has 2 amide bonds. The van der Waals surface area contributed by atoms with Crippen LogP contribution in [0.5, 0.6) is 0 Å². The molecule has 0 atom stereocenters. The van der Waals surface area contributed by atoms with Crippen LogP contribution in [0.25, 0.3) is 15.9 Å². The number of thioether (sulfide) groups is 1. The molecule has 2 aromatic heterocycles. The van der Waals surface area contributed by atoms with Gasteiger partial charge in [0.1, 0.15) is 0 Å². The summed E-state index contributed by atoms with van der Waals surface area (Å²) in [6, 6.07) is 14.9. The SMILES string of the molecule is CCOC(=O)N1CCN(C(=O)CSc2nnc(Cn3c(=O)sc4ccccc43)n2-c2cccc(Cl)c2)CC1. The van der Waals surface area contributed by atoms with E-state index in [1.165, 1.54) is 23.1 Å². The van der Waals surface area contributed by atoms with Crippen molar-refractivity contribution >= 4 is 56.9 Å².